The first kappa shape index (κ1) is 14.7. The van der Waals surface area contributed by atoms with E-state index in [1.165, 1.54) is 0 Å². The van der Waals surface area contributed by atoms with E-state index in [-0.39, 0.29) is 23.0 Å². The molecule has 0 unspecified atom stereocenters. The lowest BCUT2D eigenvalue weighted by molar-refractivity contribution is -0.137. The Morgan fingerprint density at radius 2 is 2.22 bits per heavy atom. The van der Waals surface area contributed by atoms with Crippen molar-refractivity contribution in [2.45, 2.75) is 13.1 Å². The normalized spacial score (nSPS) is 12.7. The number of aromatic nitrogens is 1. The molecule has 0 aliphatic heterocycles. The van der Waals surface area contributed by atoms with Crippen molar-refractivity contribution >= 4 is 17.3 Å². The summed E-state index contributed by atoms with van der Waals surface area (Å²) in [6.07, 6.45) is -3.81. The standard InChI is InChI=1S/C10H11ClF3N3O/c1-2-18-17-8(4-15)9-7(11)3-6(5-16-9)10(12,13)14/h3,5H,2,4,15H2,1H3. The highest BCUT2D eigenvalue weighted by molar-refractivity contribution is 6.34. The lowest BCUT2D eigenvalue weighted by Crippen LogP contribution is -2.18. The van der Waals surface area contributed by atoms with Crippen molar-refractivity contribution in [2.24, 2.45) is 10.9 Å². The Bertz CT molecular complexity index is 448. The summed E-state index contributed by atoms with van der Waals surface area (Å²) in [6, 6.07) is 0.779. The number of pyridine rings is 1. The van der Waals surface area contributed by atoms with Crippen molar-refractivity contribution < 1.29 is 18.0 Å². The highest BCUT2D eigenvalue weighted by atomic mass is 35.5. The molecule has 0 radical (unpaired) electrons. The van der Waals surface area contributed by atoms with E-state index in [2.05, 4.69) is 10.1 Å². The number of hydrogen-bond donors (Lipinski definition) is 1. The fourth-order valence-corrected chi connectivity index (χ4v) is 1.40. The van der Waals surface area contributed by atoms with Crippen LogP contribution in [0.1, 0.15) is 18.2 Å². The van der Waals surface area contributed by atoms with Crippen LogP contribution < -0.4 is 5.73 Å². The minimum atomic E-state index is -4.49. The van der Waals surface area contributed by atoms with Crippen molar-refractivity contribution in [3.05, 3.63) is 28.5 Å². The fraction of sp³-hybridized carbons (Fsp3) is 0.400. The quantitative estimate of drug-likeness (QED) is 0.681. The Balaban J connectivity index is 3.12. The average Bonchev–Trinajstić information content (AvgIpc) is 2.30. The van der Waals surface area contributed by atoms with E-state index in [1.54, 1.807) is 6.92 Å². The second-order valence-corrected chi connectivity index (χ2v) is 3.62. The second-order valence-electron chi connectivity index (χ2n) is 3.21. The maximum Gasteiger partial charge on any atom is 0.417 e. The van der Waals surface area contributed by atoms with Crippen LogP contribution in [0.25, 0.3) is 0 Å². The third kappa shape index (κ3) is 3.58. The summed E-state index contributed by atoms with van der Waals surface area (Å²) in [5.74, 6) is 0. The van der Waals surface area contributed by atoms with Gasteiger partial charge in [0.2, 0.25) is 0 Å². The monoisotopic (exact) mass is 281 g/mol. The Labute approximate surface area is 107 Å². The van der Waals surface area contributed by atoms with Gasteiger partial charge in [0.25, 0.3) is 0 Å². The largest absolute Gasteiger partial charge is 0.417 e. The zero-order valence-electron chi connectivity index (χ0n) is 9.46. The van der Waals surface area contributed by atoms with Crippen molar-refractivity contribution in [1.29, 1.82) is 0 Å². The number of rotatable bonds is 4. The number of nitrogens with two attached hydrogens (primary N) is 1. The van der Waals surface area contributed by atoms with Crippen LogP contribution in [0.4, 0.5) is 13.2 Å². The molecule has 2 N–H and O–H groups in total. The molecule has 0 aromatic carbocycles. The zero-order chi connectivity index (χ0) is 13.8. The molecule has 0 aliphatic carbocycles. The molecule has 0 aliphatic rings. The Hall–Kier alpha value is -1.34. The summed E-state index contributed by atoms with van der Waals surface area (Å²) < 4.78 is 37.2. The van der Waals surface area contributed by atoms with Gasteiger partial charge in [-0.15, -0.1) is 0 Å². The Kier molecular flexibility index (Phi) is 4.92. The molecule has 1 heterocycles. The first-order chi connectivity index (χ1) is 8.40. The summed E-state index contributed by atoms with van der Waals surface area (Å²) in [7, 11) is 0. The van der Waals surface area contributed by atoms with Crippen LogP contribution in [0.3, 0.4) is 0 Å². The number of nitrogens with zero attached hydrogens (tertiary/aromatic N) is 2. The molecule has 8 heteroatoms. The van der Waals surface area contributed by atoms with Gasteiger partial charge in [-0.1, -0.05) is 16.8 Å². The average molecular weight is 282 g/mol. The Morgan fingerprint density at radius 1 is 1.56 bits per heavy atom. The molecule has 18 heavy (non-hydrogen) atoms. The van der Waals surface area contributed by atoms with Crippen molar-refractivity contribution in [2.75, 3.05) is 13.2 Å². The molecule has 0 bridgehead atoms. The van der Waals surface area contributed by atoms with Crippen LogP contribution in [0, 0.1) is 0 Å². The zero-order valence-corrected chi connectivity index (χ0v) is 10.2. The molecule has 0 spiro atoms. The van der Waals surface area contributed by atoms with Gasteiger partial charge in [-0.25, -0.2) is 0 Å². The van der Waals surface area contributed by atoms with Crippen LogP contribution in [-0.4, -0.2) is 23.8 Å². The molecule has 0 atom stereocenters. The molecular weight excluding hydrogens is 271 g/mol. The van der Waals surface area contributed by atoms with Gasteiger partial charge in [0, 0.05) is 12.7 Å². The van der Waals surface area contributed by atoms with E-state index in [4.69, 9.17) is 22.2 Å². The first-order valence-corrected chi connectivity index (χ1v) is 5.40. The van der Waals surface area contributed by atoms with Crippen LogP contribution in [-0.2, 0) is 11.0 Å². The first-order valence-electron chi connectivity index (χ1n) is 5.02. The molecule has 0 amide bonds. The van der Waals surface area contributed by atoms with Gasteiger partial charge in [0.15, 0.2) is 0 Å². The van der Waals surface area contributed by atoms with E-state index in [1.807, 2.05) is 0 Å². The summed E-state index contributed by atoms with van der Waals surface area (Å²) in [5, 5.41) is 3.47. The fourth-order valence-electron chi connectivity index (χ4n) is 1.12. The minimum absolute atomic E-state index is 0.0436. The summed E-state index contributed by atoms with van der Waals surface area (Å²) in [6.45, 7) is 1.97. The second kappa shape index (κ2) is 6.01. The van der Waals surface area contributed by atoms with Crippen molar-refractivity contribution in [3.8, 4) is 0 Å². The highest BCUT2D eigenvalue weighted by Gasteiger charge is 2.31. The third-order valence-corrected chi connectivity index (χ3v) is 2.23. The summed E-state index contributed by atoms with van der Waals surface area (Å²) in [4.78, 5) is 8.41. The van der Waals surface area contributed by atoms with E-state index in [0.717, 1.165) is 6.07 Å². The number of halogens is 4. The molecule has 1 rings (SSSR count). The molecule has 1 aromatic heterocycles. The van der Waals surface area contributed by atoms with Gasteiger partial charge in [0.1, 0.15) is 18.0 Å². The molecule has 1 aromatic rings. The van der Waals surface area contributed by atoms with Gasteiger partial charge < -0.3 is 10.6 Å². The van der Waals surface area contributed by atoms with E-state index in [0.29, 0.717) is 12.8 Å². The third-order valence-electron chi connectivity index (χ3n) is 1.94. The summed E-state index contributed by atoms with van der Waals surface area (Å²) >= 11 is 5.73. The van der Waals surface area contributed by atoms with Gasteiger partial charge in [-0.05, 0) is 13.0 Å². The molecule has 0 fully saturated rings. The van der Waals surface area contributed by atoms with Crippen LogP contribution in [0.15, 0.2) is 17.4 Å². The van der Waals surface area contributed by atoms with Gasteiger partial charge in [0.05, 0.1) is 10.6 Å². The van der Waals surface area contributed by atoms with Crippen molar-refractivity contribution in [1.82, 2.24) is 4.98 Å². The highest BCUT2D eigenvalue weighted by Crippen LogP contribution is 2.31. The lowest BCUT2D eigenvalue weighted by atomic mass is 10.2. The van der Waals surface area contributed by atoms with Gasteiger partial charge >= 0.3 is 6.18 Å². The smallest absolute Gasteiger partial charge is 0.396 e. The SMILES string of the molecule is CCON=C(CN)c1ncc(C(F)(F)F)cc1Cl. The predicted octanol–water partition coefficient (Wildman–Crippen LogP) is 2.45. The van der Waals surface area contributed by atoms with Crippen molar-refractivity contribution in [3.63, 3.8) is 0 Å². The predicted molar refractivity (Wildman–Crippen MR) is 61.5 cm³/mol. The number of alkyl halides is 3. The maximum atomic E-state index is 12.4. The number of oxime groups is 1. The molecule has 0 saturated carbocycles. The van der Waals surface area contributed by atoms with Crippen LogP contribution in [0.5, 0.6) is 0 Å². The summed E-state index contributed by atoms with van der Waals surface area (Å²) in [5.41, 5.74) is 4.75. The van der Waals surface area contributed by atoms with E-state index < -0.39 is 11.7 Å². The lowest BCUT2D eigenvalue weighted by Gasteiger charge is -2.09. The molecular formula is C10H11ClF3N3O. The molecule has 100 valence electrons. The van der Waals surface area contributed by atoms with Crippen LogP contribution >= 0.6 is 11.6 Å². The Morgan fingerprint density at radius 3 is 2.67 bits per heavy atom. The van der Waals surface area contributed by atoms with E-state index >= 15 is 0 Å². The number of hydrogen-bond acceptors (Lipinski definition) is 4. The molecule has 0 saturated heterocycles. The maximum absolute atomic E-state index is 12.4. The van der Waals surface area contributed by atoms with Gasteiger partial charge in [-0.2, -0.15) is 13.2 Å². The van der Waals surface area contributed by atoms with E-state index in [9.17, 15) is 13.2 Å². The van der Waals surface area contributed by atoms with Crippen LogP contribution in [0.2, 0.25) is 5.02 Å². The molecule has 4 nitrogen and oxygen atoms in total. The minimum Gasteiger partial charge on any atom is -0.396 e. The topological polar surface area (TPSA) is 60.5 Å². The van der Waals surface area contributed by atoms with Gasteiger partial charge in [-0.3, -0.25) is 4.98 Å².